The Morgan fingerprint density at radius 3 is 1.86 bits per heavy atom. The number of amides is 5. The van der Waals surface area contributed by atoms with Crippen molar-refractivity contribution in [1.29, 1.82) is 0 Å². The van der Waals surface area contributed by atoms with Crippen LogP contribution in [0.3, 0.4) is 0 Å². The summed E-state index contributed by atoms with van der Waals surface area (Å²) in [5.41, 5.74) is 15.8. The first kappa shape index (κ1) is 29.8. The summed E-state index contributed by atoms with van der Waals surface area (Å²) in [5.74, 6) is -4.63. The highest BCUT2D eigenvalue weighted by Gasteiger charge is 2.31. The minimum Gasteiger partial charge on any atom is -0.480 e. The van der Waals surface area contributed by atoms with Gasteiger partial charge in [-0.3, -0.25) is 24.0 Å². The number of rotatable bonds is 17. The van der Waals surface area contributed by atoms with Gasteiger partial charge in [0, 0.05) is 12.8 Å². The molecule has 5 amide bonds. The van der Waals surface area contributed by atoms with Crippen molar-refractivity contribution in [2.24, 2.45) is 17.2 Å². The van der Waals surface area contributed by atoms with Crippen molar-refractivity contribution in [1.82, 2.24) is 21.3 Å². The zero-order chi connectivity index (χ0) is 26.4. The van der Waals surface area contributed by atoms with Crippen LogP contribution in [0.4, 0.5) is 0 Å². The maximum absolute atomic E-state index is 13.0. The molecule has 1 heterocycles. The Hall–Kier alpha value is -3.26. The fourth-order valence-electron chi connectivity index (χ4n) is 3.59. The van der Waals surface area contributed by atoms with Gasteiger partial charge in [0.15, 0.2) is 0 Å². The minimum atomic E-state index is -1.39. The third kappa shape index (κ3) is 11.6. The van der Waals surface area contributed by atoms with Crippen LogP contribution in [0.25, 0.3) is 0 Å². The highest BCUT2D eigenvalue weighted by atomic mass is 16.4. The van der Waals surface area contributed by atoms with Gasteiger partial charge in [0.25, 0.3) is 0 Å². The van der Waals surface area contributed by atoms with Crippen molar-refractivity contribution >= 4 is 35.5 Å². The van der Waals surface area contributed by atoms with E-state index in [0.717, 1.165) is 6.42 Å². The molecule has 0 spiro atoms. The number of hydrogen-bond donors (Lipinski definition) is 8. The average Bonchev–Trinajstić information content (AvgIpc) is 3.33. The highest BCUT2D eigenvalue weighted by Crippen LogP contribution is 2.09. The van der Waals surface area contributed by atoms with Gasteiger partial charge in [-0.25, -0.2) is 4.79 Å². The lowest BCUT2D eigenvalue weighted by Crippen LogP contribution is -2.57. The quantitative estimate of drug-likeness (QED) is 0.0944. The van der Waals surface area contributed by atoms with Crippen LogP contribution < -0.4 is 38.5 Å². The molecule has 0 aromatic carbocycles. The lowest BCUT2D eigenvalue weighted by Gasteiger charge is -2.25. The van der Waals surface area contributed by atoms with Crippen LogP contribution in [0.1, 0.15) is 57.8 Å². The molecule has 14 heteroatoms. The van der Waals surface area contributed by atoms with E-state index < -0.39 is 59.7 Å². The lowest BCUT2D eigenvalue weighted by atomic mass is 10.0. The molecule has 0 radical (unpaired) electrons. The number of carboxylic acids is 1. The molecule has 1 saturated heterocycles. The smallest absolute Gasteiger partial charge is 0.326 e. The van der Waals surface area contributed by atoms with E-state index in [9.17, 15) is 33.9 Å². The van der Waals surface area contributed by atoms with E-state index in [1.54, 1.807) is 0 Å². The number of nitrogens with two attached hydrogens (primary N) is 3. The normalized spacial score (nSPS) is 17.6. The molecule has 0 aromatic heterocycles. The van der Waals surface area contributed by atoms with Crippen LogP contribution in [0.5, 0.6) is 0 Å². The molecule has 11 N–H and O–H groups in total. The molecule has 0 saturated carbocycles. The van der Waals surface area contributed by atoms with Crippen molar-refractivity contribution in [2.45, 2.75) is 82.0 Å². The van der Waals surface area contributed by atoms with Crippen LogP contribution in [-0.4, -0.2) is 77.9 Å². The number of hydrogen-bond acceptors (Lipinski definition) is 8. The Kier molecular flexibility index (Phi) is 13.3. The number of carboxylic acid groups (broad SMARTS) is 1. The third-order valence-electron chi connectivity index (χ3n) is 5.56. The molecule has 0 aromatic rings. The second kappa shape index (κ2) is 15.6. The average molecular weight is 500 g/mol. The second-order valence-corrected chi connectivity index (χ2v) is 8.47. The molecule has 35 heavy (non-hydrogen) atoms. The van der Waals surface area contributed by atoms with E-state index in [1.807, 2.05) is 0 Å². The maximum Gasteiger partial charge on any atom is 0.326 e. The monoisotopic (exact) mass is 499 g/mol. The number of nitrogens with one attached hydrogen (secondary N) is 4. The van der Waals surface area contributed by atoms with E-state index in [2.05, 4.69) is 21.3 Å². The van der Waals surface area contributed by atoms with E-state index in [1.165, 1.54) is 0 Å². The number of unbranched alkanes of at least 4 members (excludes halogenated alkanes) is 1. The molecule has 4 unspecified atom stereocenters. The van der Waals surface area contributed by atoms with Gasteiger partial charge < -0.3 is 43.6 Å². The highest BCUT2D eigenvalue weighted by molar-refractivity contribution is 5.94. The standard InChI is InChI=1S/C21H37N7O7/c22-10-2-1-4-13(19(32)28-15(21(34)35)7-9-17(24)30)26-20(33)14(6-8-16(23)29)27-18(31)12-5-3-11-25-12/h12-15,25H,1-11,22H2,(H2,23,29)(H2,24,30)(H,26,33)(H,27,31)(H,28,32)(H,34,35). The summed E-state index contributed by atoms with van der Waals surface area (Å²) in [4.78, 5) is 72.1. The number of carbonyl (C=O) groups excluding carboxylic acids is 5. The lowest BCUT2D eigenvalue weighted by molar-refractivity contribution is -0.142. The molecule has 4 atom stereocenters. The van der Waals surface area contributed by atoms with Crippen molar-refractivity contribution < 1.29 is 33.9 Å². The zero-order valence-corrected chi connectivity index (χ0v) is 19.7. The summed E-state index contributed by atoms with van der Waals surface area (Å²) >= 11 is 0. The summed E-state index contributed by atoms with van der Waals surface area (Å²) in [7, 11) is 0. The summed E-state index contributed by atoms with van der Waals surface area (Å²) < 4.78 is 0. The van der Waals surface area contributed by atoms with E-state index in [0.29, 0.717) is 32.4 Å². The summed E-state index contributed by atoms with van der Waals surface area (Å²) in [5, 5.41) is 19.8. The van der Waals surface area contributed by atoms with Crippen molar-refractivity contribution in [3.05, 3.63) is 0 Å². The van der Waals surface area contributed by atoms with Crippen LogP contribution in [-0.2, 0) is 28.8 Å². The molecule has 1 rings (SSSR count). The maximum atomic E-state index is 13.0. The minimum absolute atomic E-state index is 0.0763. The molecule has 0 aliphatic carbocycles. The predicted octanol–water partition coefficient (Wildman–Crippen LogP) is -3.06. The molecule has 14 nitrogen and oxygen atoms in total. The Bertz CT molecular complexity index is 771. The van der Waals surface area contributed by atoms with Gasteiger partial charge in [0.1, 0.15) is 18.1 Å². The Balaban J connectivity index is 2.94. The Morgan fingerprint density at radius 1 is 0.829 bits per heavy atom. The fraction of sp³-hybridized carbons (Fsp3) is 0.714. The topological polar surface area (TPSA) is 249 Å². The number of aliphatic carboxylic acids is 1. The van der Waals surface area contributed by atoms with Crippen LogP contribution in [0.15, 0.2) is 0 Å². The molecule has 0 bridgehead atoms. The van der Waals surface area contributed by atoms with Crippen molar-refractivity contribution in [2.75, 3.05) is 13.1 Å². The molecule has 1 aliphatic heterocycles. The van der Waals surface area contributed by atoms with Crippen LogP contribution in [0, 0.1) is 0 Å². The first-order chi connectivity index (χ1) is 16.5. The van der Waals surface area contributed by atoms with Gasteiger partial charge in [-0.15, -0.1) is 0 Å². The van der Waals surface area contributed by atoms with Gasteiger partial charge in [-0.1, -0.05) is 0 Å². The van der Waals surface area contributed by atoms with Crippen LogP contribution in [0.2, 0.25) is 0 Å². The molecule has 198 valence electrons. The summed E-state index contributed by atoms with van der Waals surface area (Å²) in [6.07, 6.45) is 1.85. The van der Waals surface area contributed by atoms with Crippen LogP contribution >= 0.6 is 0 Å². The largest absolute Gasteiger partial charge is 0.480 e. The van der Waals surface area contributed by atoms with E-state index in [-0.39, 0.29) is 32.1 Å². The van der Waals surface area contributed by atoms with Gasteiger partial charge in [0.2, 0.25) is 29.5 Å². The predicted molar refractivity (Wildman–Crippen MR) is 124 cm³/mol. The SMILES string of the molecule is NCCCCC(NC(=O)C(CCC(N)=O)NC(=O)C1CCCN1)C(=O)NC(CCC(N)=O)C(=O)O. The fourth-order valence-corrected chi connectivity index (χ4v) is 3.59. The second-order valence-electron chi connectivity index (χ2n) is 8.47. The van der Waals surface area contributed by atoms with Crippen molar-refractivity contribution in [3.63, 3.8) is 0 Å². The molecular formula is C21H37N7O7. The number of primary amides is 2. The van der Waals surface area contributed by atoms with Gasteiger partial charge in [0.05, 0.1) is 6.04 Å². The van der Waals surface area contributed by atoms with Gasteiger partial charge >= 0.3 is 5.97 Å². The Labute approximate surface area is 203 Å². The van der Waals surface area contributed by atoms with E-state index in [4.69, 9.17) is 17.2 Å². The molecule has 1 fully saturated rings. The first-order valence-corrected chi connectivity index (χ1v) is 11.7. The van der Waals surface area contributed by atoms with Crippen molar-refractivity contribution in [3.8, 4) is 0 Å². The zero-order valence-electron chi connectivity index (χ0n) is 19.7. The summed E-state index contributed by atoms with van der Waals surface area (Å²) in [6.45, 7) is 1.02. The van der Waals surface area contributed by atoms with Gasteiger partial charge in [-0.05, 0) is 58.0 Å². The molecule has 1 aliphatic rings. The first-order valence-electron chi connectivity index (χ1n) is 11.7. The molecular weight excluding hydrogens is 462 g/mol. The van der Waals surface area contributed by atoms with E-state index >= 15 is 0 Å². The third-order valence-corrected chi connectivity index (χ3v) is 5.56. The summed E-state index contributed by atoms with van der Waals surface area (Å²) in [6, 6.07) is -4.12. The Morgan fingerprint density at radius 2 is 1.37 bits per heavy atom. The number of carbonyl (C=O) groups is 6. The van der Waals surface area contributed by atoms with Gasteiger partial charge in [-0.2, -0.15) is 0 Å².